The summed E-state index contributed by atoms with van der Waals surface area (Å²) in [5.41, 5.74) is 0.912. The third-order valence-electron chi connectivity index (χ3n) is 5.21. The molecule has 0 saturated carbocycles. The lowest BCUT2D eigenvalue weighted by Gasteiger charge is -2.47. The van der Waals surface area contributed by atoms with E-state index < -0.39 is 0 Å². The molecule has 1 N–H and O–H groups in total. The number of benzene rings is 1. The average molecular weight is 386 g/mol. The van der Waals surface area contributed by atoms with E-state index in [4.69, 9.17) is 23.2 Å². The molecule has 1 aromatic carbocycles. The number of amides is 2. The summed E-state index contributed by atoms with van der Waals surface area (Å²) in [7, 11) is 4.02. The Bertz CT molecular complexity index is 621. The molecule has 1 aliphatic heterocycles. The molecule has 1 fully saturated rings. The van der Waals surface area contributed by atoms with Crippen LogP contribution < -0.4 is 5.32 Å². The Labute approximate surface area is 161 Å². The molecule has 4 nitrogen and oxygen atoms in total. The van der Waals surface area contributed by atoms with Crippen LogP contribution in [0.3, 0.4) is 0 Å². The summed E-state index contributed by atoms with van der Waals surface area (Å²) in [6.45, 7) is 8.46. The number of hydrogen-bond acceptors (Lipinski definition) is 2. The number of rotatable bonds is 4. The highest BCUT2D eigenvalue weighted by atomic mass is 35.5. The third-order valence-corrected chi connectivity index (χ3v) is 6.05. The van der Waals surface area contributed by atoms with E-state index in [1.165, 1.54) is 0 Å². The number of carbonyl (C=O) groups is 1. The topological polar surface area (TPSA) is 35.6 Å². The predicted molar refractivity (Wildman–Crippen MR) is 105 cm³/mol. The molecular weight excluding hydrogens is 357 g/mol. The molecule has 1 saturated heterocycles. The third kappa shape index (κ3) is 4.60. The fraction of sp³-hybridized carbons (Fsp3) is 0.632. The second-order valence-corrected chi connectivity index (χ2v) is 8.48. The summed E-state index contributed by atoms with van der Waals surface area (Å²) >= 11 is 12.5. The number of nitrogens with zero attached hydrogens (tertiary/aromatic N) is 2. The van der Waals surface area contributed by atoms with Crippen LogP contribution in [0.25, 0.3) is 0 Å². The summed E-state index contributed by atoms with van der Waals surface area (Å²) in [4.78, 5) is 17.1. The van der Waals surface area contributed by atoms with Gasteiger partial charge in [0.1, 0.15) is 0 Å². The van der Waals surface area contributed by atoms with Crippen molar-refractivity contribution in [1.82, 2.24) is 15.1 Å². The SMILES string of the molecule is CCC(NC(=O)N(C)C1CCN(C)CC1(C)C)c1cccc(Cl)c1Cl. The Balaban J connectivity index is 2.12. The highest BCUT2D eigenvalue weighted by molar-refractivity contribution is 6.42. The van der Waals surface area contributed by atoms with Crippen LogP contribution in [-0.2, 0) is 0 Å². The maximum Gasteiger partial charge on any atom is 0.317 e. The minimum absolute atomic E-state index is 0.0501. The quantitative estimate of drug-likeness (QED) is 0.806. The van der Waals surface area contributed by atoms with Crippen LogP contribution >= 0.6 is 23.2 Å². The fourth-order valence-corrected chi connectivity index (χ4v) is 4.35. The summed E-state index contributed by atoms with van der Waals surface area (Å²) in [6.07, 6.45) is 1.72. The molecule has 2 amide bonds. The van der Waals surface area contributed by atoms with E-state index in [1.807, 2.05) is 31.0 Å². The molecule has 1 aliphatic rings. The van der Waals surface area contributed by atoms with Crippen LogP contribution in [0.4, 0.5) is 4.79 Å². The van der Waals surface area contributed by atoms with Crippen molar-refractivity contribution in [3.05, 3.63) is 33.8 Å². The molecule has 0 bridgehead atoms. The lowest BCUT2D eigenvalue weighted by atomic mass is 9.78. The summed E-state index contributed by atoms with van der Waals surface area (Å²) < 4.78 is 0. The lowest BCUT2D eigenvalue weighted by Crippen LogP contribution is -2.57. The molecule has 2 rings (SSSR count). The van der Waals surface area contributed by atoms with Crippen LogP contribution in [0.1, 0.15) is 45.2 Å². The number of likely N-dealkylation sites (tertiary alicyclic amines) is 1. The van der Waals surface area contributed by atoms with E-state index in [0.717, 1.165) is 31.5 Å². The Morgan fingerprint density at radius 2 is 2.12 bits per heavy atom. The highest BCUT2D eigenvalue weighted by Crippen LogP contribution is 2.34. The monoisotopic (exact) mass is 385 g/mol. The van der Waals surface area contributed by atoms with E-state index in [2.05, 4.69) is 31.1 Å². The lowest BCUT2D eigenvalue weighted by molar-refractivity contribution is 0.0444. The Kier molecular flexibility index (Phi) is 6.63. The van der Waals surface area contributed by atoms with E-state index in [9.17, 15) is 4.79 Å². The molecule has 140 valence electrons. The van der Waals surface area contributed by atoms with Crippen LogP contribution in [-0.4, -0.2) is 49.1 Å². The van der Waals surface area contributed by atoms with Gasteiger partial charge < -0.3 is 15.1 Å². The number of carbonyl (C=O) groups excluding carboxylic acids is 1. The van der Waals surface area contributed by atoms with Gasteiger partial charge in [-0.3, -0.25) is 0 Å². The largest absolute Gasteiger partial charge is 0.331 e. The minimum Gasteiger partial charge on any atom is -0.331 e. The van der Waals surface area contributed by atoms with Gasteiger partial charge in [0.2, 0.25) is 0 Å². The molecular formula is C19H29Cl2N3O. The van der Waals surface area contributed by atoms with Crippen LogP contribution in [0.15, 0.2) is 18.2 Å². The first kappa shape index (κ1) is 20.3. The van der Waals surface area contributed by atoms with E-state index in [1.54, 1.807) is 6.07 Å². The molecule has 0 aromatic heterocycles. The first-order chi connectivity index (χ1) is 11.7. The zero-order valence-electron chi connectivity index (χ0n) is 15.8. The minimum atomic E-state index is -0.157. The summed E-state index contributed by atoms with van der Waals surface area (Å²) in [5.74, 6) is 0. The zero-order chi connectivity index (χ0) is 18.8. The molecule has 1 aromatic rings. The van der Waals surface area contributed by atoms with Gasteiger partial charge in [-0.05, 0) is 43.5 Å². The second kappa shape index (κ2) is 8.15. The van der Waals surface area contributed by atoms with E-state index in [-0.39, 0.29) is 23.5 Å². The highest BCUT2D eigenvalue weighted by Gasteiger charge is 2.39. The number of urea groups is 1. The molecule has 0 radical (unpaired) electrons. The van der Waals surface area contributed by atoms with Crippen molar-refractivity contribution in [2.24, 2.45) is 5.41 Å². The van der Waals surface area contributed by atoms with Crippen LogP contribution in [0.5, 0.6) is 0 Å². The van der Waals surface area contributed by atoms with E-state index in [0.29, 0.717) is 10.0 Å². The molecule has 1 heterocycles. The second-order valence-electron chi connectivity index (χ2n) is 7.70. The molecule has 0 spiro atoms. The predicted octanol–water partition coefficient (Wildman–Crippen LogP) is 4.82. The maximum absolute atomic E-state index is 12.9. The van der Waals surface area contributed by atoms with Gasteiger partial charge in [0.15, 0.2) is 0 Å². The van der Waals surface area contributed by atoms with Gasteiger partial charge >= 0.3 is 6.03 Å². The Hall–Kier alpha value is -0.970. The number of piperidine rings is 1. The standard InChI is InChI=1S/C19H29Cl2N3O/c1-6-15(13-8-7-9-14(20)17(13)21)22-18(25)24(5)16-10-11-23(4)12-19(16,2)3/h7-9,15-16H,6,10-12H2,1-5H3,(H,22,25). The first-order valence-electron chi connectivity index (χ1n) is 8.83. The van der Waals surface area contributed by atoms with Crippen molar-refractivity contribution in [2.45, 2.75) is 45.7 Å². The van der Waals surface area contributed by atoms with Gasteiger partial charge in [-0.15, -0.1) is 0 Å². The van der Waals surface area contributed by atoms with Gasteiger partial charge in [-0.25, -0.2) is 4.79 Å². The van der Waals surface area contributed by atoms with Crippen molar-refractivity contribution in [3.8, 4) is 0 Å². The molecule has 25 heavy (non-hydrogen) atoms. The molecule has 0 aliphatic carbocycles. The number of halogens is 2. The molecule has 6 heteroatoms. The first-order valence-corrected chi connectivity index (χ1v) is 9.58. The van der Waals surface area contributed by atoms with Crippen LogP contribution in [0.2, 0.25) is 10.0 Å². The molecule has 2 atom stereocenters. The van der Waals surface area contributed by atoms with Gasteiger partial charge in [0, 0.05) is 19.6 Å². The van der Waals surface area contributed by atoms with Crippen molar-refractivity contribution >= 4 is 29.2 Å². The smallest absolute Gasteiger partial charge is 0.317 e. The van der Waals surface area contributed by atoms with Crippen molar-refractivity contribution < 1.29 is 4.79 Å². The van der Waals surface area contributed by atoms with Gasteiger partial charge in [-0.1, -0.05) is 56.1 Å². The normalized spacial score (nSPS) is 21.6. The summed E-state index contributed by atoms with van der Waals surface area (Å²) in [6, 6.07) is 5.52. The van der Waals surface area contributed by atoms with Gasteiger partial charge in [-0.2, -0.15) is 0 Å². The number of hydrogen-bond donors (Lipinski definition) is 1. The van der Waals surface area contributed by atoms with Gasteiger partial charge in [0.25, 0.3) is 0 Å². The zero-order valence-corrected chi connectivity index (χ0v) is 17.3. The van der Waals surface area contributed by atoms with Crippen LogP contribution in [0, 0.1) is 5.41 Å². The van der Waals surface area contributed by atoms with Crippen molar-refractivity contribution in [3.63, 3.8) is 0 Å². The average Bonchev–Trinajstić information content (AvgIpc) is 2.53. The maximum atomic E-state index is 12.9. The fourth-order valence-electron chi connectivity index (χ4n) is 3.91. The van der Waals surface area contributed by atoms with E-state index >= 15 is 0 Å². The van der Waals surface area contributed by atoms with Crippen molar-refractivity contribution in [2.75, 3.05) is 27.2 Å². The Morgan fingerprint density at radius 1 is 1.44 bits per heavy atom. The molecule has 2 unspecified atom stereocenters. The van der Waals surface area contributed by atoms with Gasteiger partial charge in [0.05, 0.1) is 16.1 Å². The summed E-state index contributed by atoms with van der Waals surface area (Å²) in [5, 5.41) is 4.15. The Morgan fingerprint density at radius 3 is 2.72 bits per heavy atom. The van der Waals surface area contributed by atoms with Crippen molar-refractivity contribution in [1.29, 1.82) is 0 Å². The number of nitrogens with one attached hydrogen (secondary N) is 1.